The van der Waals surface area contributed by atoms with Gasteiger partial charge in [-0.25, -0.2) is 8.42 Å². The van der Waals surface area contributed by atoms with Gasteiger partial charge in [0.2, 0.25) is 15.9 Å². The van der Waals surface area contributed by atoms with Crippen LogP contribution in [0.5, 0.6) is 0 Å². The molecule has 0 bridgehead atoms. The van der Waals surface area contributed by atoms with Crippen LogP contribution in [0.2, 0.25) is 0 Å². The molecule has 0 radical (unpaired) electrons. The molecular formula is C21H23N3O4S. The Labute approximate surface area is 169 Å². The molecule has 2 heterocycles. The van der Waals surface area contributed by atoms with Gasteiger partial charge in [0, 0.05) is 35.9 Å². The number of hydrogen-bond acceptors (Lipinski definition) is 4. The molecule has 29 heavy (non-hydrogen) atoms. The van der Waals surface area contributed by atoms with Crippen molar-refractivity contribution in [1.82, 2.24) is 9.29 Å². The summed E-state index contributed by atoms with van der Waals surface area (Å²) in [6, 6.07) is 12.6. The smallest absolute Gasteiger partial charge is 0.243 e. The number of aromatic amines is 1. The number of fused-ring (bicyclic) bond motifs is 1. The molecule has 0 saturated carbocycles. The van der Waals surface area contributed by atoms with Gasteiger partial charge in [0.1, 0.15) is 0 Å². The van der Waals surface area contributed by atoms with E-state index < -0.39 is 10.0 Å². The third kappa shape index (κ3) is 4.05. The first-order chi connectivity index (χ1) is 13.9. The molecule has 0 atom stereocenters. The van der Waals surface area contributed by atoms with Gasteiger partial charge in [0.15, 0.2) is 0 Å². The largest absolute Gasteiger partial charge is 0.379 e. The number of carbonyl (C=O) groups excluding carboxylic acids is 1. The first-order valence-electron chi connectivity index (χ1n) is 9.48. The highest BCUT2D eigenvalue weighted by molar-refractivity contribution is 7.89. The van der Waals surface area contributed by atoms with Gasteiger partial charge in [0.25, 0.3) is 0 Å². The van der Waals surface area contributed by atoms with E-state index in [9.17, 15) is 13.2 Å². The van der Waals surface area contributed by atoms with Crippen molar-refractivity contribution in [3.63, 3.8) is 0 Å². The van der Waals surface area contributed by atoms with Crippen molar-refractivity contribution in [2.75, 3.05) is 31.6 Å². The summed E-state index contributed by atoms with van der Waals surface area (Å²) in [7, 11) is -3.62. The van der Waals surface area contributed by atoms with Gasteiger partial charge < -0.3 is 15.0 Å². The maximum absolute atomic E-state index is 12.9. The summed E-state index contributed by atoms with van der Waals surface area (Å²) < 4.78 is 32.4. The fourth-order valence-electron chi connectivity index (χ4n) is 3.48. The minimum atomic E-state index is -3.62. The maximum Gasteiger partial charge on any atom is 0.243 e. The zero-order valence-corrected chi connectivity index (χ0v) is 17.0. The molecule has 1 saturated heterocycles. The van der Waals surface area contributed by atoms with Gasteiger partial charge in [0.05, 0.1) is 24.5 Å². The molecule has 7 nitrogen and oxygen atoms in total. The van der Waals surface area contributed by atoms with E-state index in [1.165, 1.54) is 10.4 Å². The second kappa shape index (κ2) is 7.98. The number of H-pyrrole nitrogens is 1. The lowest BCUT2D eigenvalue weighted by molar-refractivity contribution is -0.115. The normalized spacial score (nSPS) is 15.5. The maximum atomic E-state index is 12.9. The lowest BCUT2D eigenvalue weighted by atomic mass is 10.1. The number of ether oxygens (including phenoxy) is 1. The van der Waals surface area contributed by atoms with Crippen LogP contribution >= 0.6 is 0 Å². The Bertz CT molecular complexity index is 1150. The monoisotopic (exact) mass is 413 g/mol. The van der Waals surface area contributed by atoms with Gasteiger partial charge in [-0.05, 0) is 36.2 Å². The Morgan fingerprint density at radius 1 is 1.17 bits per heavy atom. The van der Waals surface area contributed by atoms with Crippen molar-refractivity contribution < 1.29 is 17.9 Å². The highest BCUT2D eigenvalue weighted by atomic mass is 32.2. The van der Waals surface area contributed by atoms with Crippen molar-refractivity contribution in [3.8, 4) is 0 Å². The summed E-state index contributed by atoms with van der Waals surface area (Å²) in [4.78, 5) is 16.0. The molecule has 152 valence electrons. The van der Waals surface area contributed by atoms with Gasteiger partial charge in [-0.2, -0.15) is 4.31 Å². The molecule has 3 aromatic rings. The zero-order valence-electron chi connectivity index (χ0n) is 16.1. The number of carbonyl (C=O) groups is 1. The zero-order chi connectivity index (χ0) is 20.4. The van der Waals surface area contributed by atoms with Gasteiger partial charge in [-0.1, -0.05) is 24.3 Å². The van der Waals surface area contributed by atoms with Crippen molar-refractivity contribution in [1.29, 1.82) is 0 Å². The number of aryl methyl sites for hydroxylation is 1. The molecule has 0 spiro atoms. The van der Waals surface area contributed by atoms with Crippen LogP contribution in [0.15, 0.2) is 53.6 Å². The quantitative estimate of drug-likeness (QED) is 0.673. The van der Waals surface area contributed by atoms with E-state index in [0.29, 0.717) is 32.0 Å². The van der Waals surface area contributed by atoms with Crippen molar-refractivity contribution in [2.24, 2.45) is 0 Å². The molecule has 1 aliphatic heterocycles. The summed E-state index contributed by atoms with van der Waals surface area (Å²) in [5.41, 5.74) is 3.18. The van der Waals surface area contributed by atoms with Crippen molar-refractivity contribution >= 4 is 32.5 Å². The number of hydrogen-bond donors (Lipinski definition) is 2. The Kier molecular flexibility index (Phi) is 5.40. The van der Waals surface area contributed by atoms with Crippen LogP contribution in [0.1, 0.15) is 11.1 Å². The Balaban J connectivity index is 1.54. The predicted molar refractivity (Wildman–Crippen MR) is 111 cm³/mol. The molecule has 4 rings (SSSR count). The van der Waals surface area contributed by atoms with Crippen LogP contribution in [-0.4, -0.2) is 49.9 Å². The number of aromatic nitrogens is 1. The highest BCUT2D eigenvalue weighted by Gasteiger charge is 2.27. The molecule has 0 unspecified atom stereocenters. The molecule has 2 aromatic carbocycles. The standard InChI is InChI=1S/C21H23N3O4S/c1-15-6-7-17(29(26,27)24-8-10-28-11-9-24)13-20(15)23-21(25)12-16-14-22-19-5-3-2-4-18(16)19/h2-7,13-14,22H,8-12H2,1H3,(H,23,25). The van der Waals surface area contributed by atoms with E-state index >= 15 is 0 Å². The van der Waals surface area contributed by atoms with Crippen LogP contribution in [0.3, 0.4) is 0 Å². The Morgan fingerprint density at radius 2 is 1.93 bits per heavy atom. The molecule has 0 aliphatic carbocycles. The third-order valence-corrected chi connectivity index (χ3v) is 7.01. The number of rotatable bonds is 5. The van der Waals surface area contributed by atoms with Gasteiger partial charge >= 0.3 is 0 Å². The fourth-order valence-corrected chi connectivity index (χ4v) is 4.91. The number of anilines is 1. The first-order valence-corrected chi connectivity index (χ1v) is 10.9. The second-order valence-electron chi connectivity index (χ2n) is 7.08. The van der Waals surface area contributed by atoms with E-state index in [1.54, 1.807) is 12.1 Å². The van der Waals surface area contributed by atoms with Gasteiger partial charge in [-0.15, -0.1) is 0 Å². The summed E-state index contributed by atoms with van der Waals surface area (Å²) in [5, 5.41) is 3.87. The fraction of sp³-hybridized carbons (Fsp3) is 0.286. The molecule has 1 aromatic heterocycles. The number of sulfonamides is 1. The minimum absolute atomic E-state index is 0.174. The molecule has 2 N–H and O–H groups in total. The van der Waals surface area contributed by atoms with Gasteiger partial charge in [-0.3, -0.25) is 4.79 Å². The number of nitrogens with one attached hydrogen (secondary N) is 2. The van der Waals surface area contributed by atoms with E-state index in [-0.39, 0.29) is 17.2 Å². The Hall–Kier alpha value is -2.68. The van der Waals surface area contributed by atoms with Crippen LogP contribution in [0.25, 0.3) is 10.9 Å². The van der Waals surface area contributed by atoms with E-state index in [0.717, 1.165) is 22.0 Å². The number of benzene rings is 2. The lowest BCUT2D eigenvalue weighted by Gasteiger charge is -2.26. The average molecular weight is 413 g/mol. The molecule has 1 aliphatic rings. The summed E-state index contributed by atoms with van der Waals surface area (Å²) in [6.45, 7) is 3.28. The summed E-state index contributed by atoms with van der Waals surface area (Å²) in [6.07, 6.45) is 2.03. The van der Waals surface area contributed by atoms with Crippen molar-refractivity contribution in [3.05, 3.63) is 59.8 Å². The lowest BCUT2D eigenvalue weighted by Crippen LogP contribution is -2.40. The summed E-state index contributed by atoms with van der Waals surface area (Å²) >= 11 is 0. The Morgan fingerprint density at radius 3 is 2.72 bits per heavy atom. The molecule has 1 fully saturated rings. The van der Waals surface area contributed by atoms with Crippen LogP contribution in [-0.2, 0) is 26.0 Å². The second-order valence-corrected chi connectivity index (χ2v) is 9.02. The topological polar surface area (TPSA) is 91.5 Å². The SMILES string of the molecule is Cc1ccc(S(=O)(=O)N2CCOCC2)cc1NC(=O)Cc1c[nH]c2ccccc12. The number of amides is 1. The predicted octanol–water partition coefficient (Wildman–Crippen LogP) is 2.68. The van der Waals surface area contributed by atoms with E-state index in [1.807, 2.05) is 37.4 Å². The van der Waals surface area contributed by atoms with Crippen LogP contribution in [0.4, 0.5) is 5.69 Å². The highest BCUT2D eigenvalue weighted by Crippen LogP contribution is 2.24. The number of para-hydroxylation sites is 1. The average Bonchev–Trinajstić information content (AvgIpc) is 3.13. The van der Waals surface area contributed by atoms with E-state index in [4.69, 9.17) is 4.74 Å². The number of morpholine rings is 1. The molecule has 1 amide bonds. The minimum Gasteiger partial charge on any atom is -0.379 e. The van der Waals surface area contributed by atoms with E-state index in [2.05, 4.69) is 10.3 Å². The molecular weight excluding hydrogens is 390 g/mol. The molecule has 8 heteroatoms. The first kappa shape index (κ1) is 19.6. The summed E-state index contributed by atoms with van der Waals surface area (Å²) in [5.74, 6) is -0.196. The van der Waals surface area contributed by atoms with Crippen molar-refractivity contribution in [2.45, 2.75) is 18.2 Å². The number of nitrogens with zero attached hydrogens (tertiary/aromatic N) is 1. The third-order valence-electron chi connectivity index (χ3n) is 5.12. The van der Waals surface area contributed by atoms with Crippen LogP contribution in [0, 0.1) is 6.92 Å². The van der Waals surface area contributed by atoms with Crippen LogP contribution < -0.4 is 5.32 Å².